The summed E-state index contributed by atoms with van der Waals surface area (Å²) in [7, 11) is 1.33. The highest BCUT2D eigenvalue weighted by Gasteiger charge is 2.22. The van der Waals surface area contributed by atoms with Gasteiger partial charge in [-0.3, -0.25) is 20.2 Å². The molecule has 2 aromatic rings. The van der Waals surface area contributed by atoms with Crippen molar-refractivity contribution in [2.75, 3.05) is 38.2 Å². The summed E-state index contributed by atoms with van der Waals surface area (Å²) in [6.07, 6.45) is 0. The Morgan fingerprint density at radius 1 is 1.17 bits per heavy atom. The van der Waals surface area contributed by atoms with Crippen molar-refractivity contribution in [1.29, 1.82) is 0 Å². The summed E-state index contributed by atoms with van der Waals surface area (Å²) >= 11 is 5.34. The Bertz CT molecular complexity index is 927. The minimum atomic E-state index is -0.601. The molecule has 0 unspecified atom stereocenters. The number of rotatable bonds is 4. The van der Waals surface area contributed by atoms with E-state index in [1.54, 1.807) is 12.1 Å². The number of hydrogen-bond acceptors (Lipinski definition) is 7. The van der Waals surface area contributed by atoms with Gasteiger partial charge in [0, 0.05) is 43.5 Å². The van der Waals surface area contributed by atoms with E-state index in [-0.39, 0.29) is 27.9 Å². The molecule has 0 saturated carbocycles. The minimum absolute atomic E-state index is 0.0829. The number of methoxy groups -OCH3 is 1. The lowest BCUT2D eigenvalue weighted by molar-refractivity contribution is -0.385. The van der Waals surface area contributed by atoms with E-state index < -0.39 is 10.8 Å². The number of nitro groups is 1. The number of aromatic hydroxyl groups is 1. The van der Waals surface area contributed by atoms with Crippen LogP contribution in [-0.4, -0.2) is 59.2 Å². The van der Waals surface area contributed by atoms with Gasteiger partial charge in [-0.2, -0.15) is 0 Å². The zero-order valence-electron chi connectivity index (χ0n) is 15.7. The first kappa shape index (κ1) is 20.3. The van der Waals surface area contributed by atoms with Gasteiger partial charge in [-0.1, -0.05) is 0 Å². The summed E-state index contributed by atoms with van der Waals surface area (Å²) in [5.74, 6) is -0.212. The van der Waals surface area contributed by atoms with Crippen LogP contribution in [0.2, 0.25) is 0 Å². The molecule has 1 aliphatic heterocycles. The first-order chi connectivity index (χ1) is 13.9. The number of hydrogen-bond donors (Lipinski definition) is 2. The van der Waals surface area contributed by atoms with Crippen LogP contribution in [0.15, 0.2) is 42.5 Å². The Kier molecular flexibility index (Phi) is 6.13. The van der Waals surface area contributed by atoms with Gasteiger partial charge in [-0.25, -0.2) is 0 Å². The van der Waals surface area contributed by atoms with Crippen molar-refractivity contribution in [3.8, 4) is 11.5 Å². The van der Waals surface area contributed by atoms with Gasteiger partial charge in [0.2, 0.25) is 0 Å². The number of nitro benzene ring substituents is 1. The SMILES string of the molecule is COc1ccc(C(=O)NC(=S)N2CCN(c3ccc(O)cc3)CC2)cc1[N+](=O)[O-]. The van der Waals surface area contributed by atoms with E-state index in [0.29, 0.717) is 26.2 Å². The fourth-order valence-electron chi connectivity index (χ4n) is 3.05. The maximum atomic E-state index is 12.5. The second kappa shape index (κ2) is 8.74. The predicted molar refractivity (Wildman–Crippen MR) is 112 cm³/mol. The van der Waals surface area contributed by atoms with Gasteiger partial charge in [-0.15, -0.1) is 0 Å². The largest absolute Gasteiger partial charge is 0.508 e. The van der Waals surface area contributed by atoms with Crippen LogP contribution in [-0.2, 0) is 0 Å². The summed E-state index contributed by atoms with van der Waals surface area (Å²) in [6.45, 7) is 2.63. The predicted octanol–water partition coefficient (Wildman–Crippen LogP) is 2.15. The van der Waals surface area contributed by atoms with E-state index in [1.807, 2.05) is 17.0 Å². The molecular formula is C19H20N4O5S. The van der Waals surface area contributed by atoms with Crippen molar-refractivity contribution < 1.29 is 19.6 Å². The smallest absolute Gasteiger partial charge is 0.311 e. The monoisotopic (exact) mass is 416 g/mol. The van der Waals surface area contributed by atoms with E-state index in [4.69, 9.17) is 17.0 Å². The summed E-state index contributed by atoms with van der Waals surface area (Å²) < 4.78 is 4.94. The van der Waals surface area contributed by atoms with Crippen LogP contribution in [0.5, 0.6) is 11.5 Å². The first-order valence-electron chi connectivity index (χ1n) is 8.85. The van der Waals surface area contributed by atoms with E-state index in [9.17, 15) is 20.0 Å². The number of benzene rings is 2. The van der Waals surface area contributed by atoms with Crippen LogP contribution in [0, 0.1) is 10.1 Å². The maximum absolute atomic E-state index is 12.5. The quantitative estimate of drug-likeness (QED) is 0.443. The molecule has 2 aromatic carbocycles. The molecule has 0 radical (unpaired) electrons. The highest BCUT2D eigenvalue weighted by molar-refractivity contribution is 7.80. The van der Waals surface area contributed by atoms with Gasteiger partial charge in [0.1, 0.15) is 5.75 Å². The molecule has 0 aliphatic carbocycles. The van der Waals surface area contributed by atoms with Crippen LogP contribution in [0.3, 0.4) is 0 Å². The molecule has 9 nitrogen and oxygen atoms in total. The van der Waals surface area contributed by atoms with E-state index in [1.165, 1.54) is 25.3 Å². The third-order valence-electron chi connectivity index (χ3n) is 4.64. The number of nitrogens with zero attached hydrogens (tertiary/aromatic N) is 3. The van der Waals surface area contributed by atoms with Gasteiger partial charge in [-0.05, 0) is 48.6 Å². The molecule has 1 amide bonds. The van der Waals surface area contributed by atoms with Gasteiger partial charge in [0.25, 0.3) is 5.91 Å². The van der Waals surface area contributed by atoms with Gasteiger partial charge in [0.05, 0.1) is 12.0 Å². The second-order valence-electron chi connectivity index (χ2n) is 6.39. The van der Waals surface area contributed by atoms with Gasteiger partial charge < -0.3 is 19.6 Å². The average Bonchev–Trinajstić information content (AvgIpc) is 2.73. The summed E-state index contributed by atoms with van der Waals surface area (Å²) in [5, 5.41) is 23.4. The number of ether oxygens (including phenoxy) is 1. The van der Waals surface area contributed by atoms with Gasteiger partial charge >= 0.3 is 5.69 Å². The lowest BCUT2D eigenvalue weighted by Crippen LogP contribution is -2.52. The molecule has 1 fully saturated rings. The van der Waals surface area contributed by atoms with Crippen molar-refractivity contribution >= 4 is 34.6 Å². The molecule has 2 N–H and O–H groups in total. The molecule has 0 bridgehead atoms. The molecule has 3 rings (SSSR count). The number of amides is 1. The molecule has 1 heterocycles. The maximum Gasteiger partial charge on any atom is 0.311 e. The molecule has 0 spiro atoms. The van der Waals surface area contributed by atoms with Crippen molar-refractivity contribution in [3.63, 3.8) is 0 Å². The van der Waals surface area contributed by atoms with Crippen LogP contribution >= 0.6 is 12.2 Å². The van der Waals surface area contributed by atoms with Crippen molar-refractivity contribution in [3.05, 3.63) is 58.1 Å². The summed E-state index contributed by atoms with van der Waals surface area (Å²) in [5.41, 5.74) is 0.846. The Morgan fingerprint density at radius 2 is 1.83 bits per heavy atom. The van der Waals surface area contributed by atoms with Crippen LogP contribution in [0.25, 0.3) is 0 Å². The minimum Gasteiger partial charge on any atom is -0.508 e. The zero-order valence-corrected chi connectivity index (χ0v) is 16.5. The molecule has 152 valence electrons. The number of carbonyl (C=O) groups is 1. The Balaban J connectivity index is 1.59. The number of carbonyl (C=O) groups excluding carboxylic acids is 1. The van der Waals surface area contributed by atoms with Crippen LogP contribution in [0.1, 0.15) is 10.4 Å². The van der Waals surface area contributed by atoms with E-state index in [0.717, 1.165) is 5.69 Å². The molecule has 0 aromatic heterocycles. The molecule has 10 heteroatoms. The van der Waals surface area contributed by atoms with Crippen molar-refractivity contribution in [2.45, 2.75) is 0 Å². The number of thiocarbonyl (C=S) groups is 1. The summed E-state index contributed by atoms with van der Waals surface area (Å²) in [6, 6.07) is 11.0. The molecule has 29 heavy (non-hydrogen) atoms. The Labute approximate surface area is 172 Å². The van der Waals surface area contributed by atoms with Gasteiger partial charge in [0.15, 0.2) is 10.9 Å². The lowest BCUT2D eigenvalue weighted by atomic mass is 10.1. The molecular weight excluding hydrogens is 396 g/mol. The third-order valence-corrected chi connectivity index (χ3v) is 5.00. The number of phenolic OH excluding ortho intramolecular Hbond substituents is 1. The first-order valence-corrected chi connectivity index (χ1v) is 9.26. The fraction of sp³-hybridized carbons (Fsp3) is 0.263. The standard InChI is InChI=1S/C19H20N4O5S/c1-28-17-7-2-13(12-16(17)23(26)27)18(25)20-19(29)22-10-8-21(9-11-22)14-3-5-15(24)6-4-14/h2-7,12,24H,8-11H2,1H3,(H,20,25,29). The Morgan fingerprint density at radius 3 is 2.41 bits per heavy atom. The zero-order chi connectivity index (χ0) is 21.0. The highest BCUT2D eigenvalue weighted by Crippen LogP contribution is 2.27. The molecule has 0 atom stereocenters. The topological polar surface area (TPSA) is 108 Å². The third kappa shape index (κ3) is 4.72. The average molecular weight is 416 g/mol. The number of piperazine rings is 1. The van der Waals surface area contributed by atoms with Crippen LogP contribution < -0.4 is 15.0 Å². The fourth-order valence-corrected chi connectivity index (χ4v) is 3.33. The number of phenols is 1. The number of nitrogens with one attached hydrogen (secondary N) is 1. The second-order valence-corrected chi connectivity index (χ2v) is 6.78. The van der Waals surface area contributed by atoms with Crippen molar-refractivity contribution in [2.24, 2.45) is 0 Å². The lowest BCUT2D eigenvalue weighted by Gasteiger charge is -2.37. The Hall–Kier alpha value is -3.40. The molecule has 1 saturated heterocycles. The number of anilines is 1. The van der Waals surface area contributed by atoms with E-state index >= 15 is 0 Å². The molecule has 1 aliphatic rings. The highest BCUT2D eigenvalue weighted by atomic mass is 32.1. The normalized spacial score (nSPS) is 13.7. The van der Waals surface area contributed by atoms with E-state index in [2.05, 4.69) is 10.2 Å². The van der Waals surface area contributed by atoms with Crippen molar-refractivity contribution in [1.82, 2.24) is 10.2 Å². The van der Waals surface area contributed by atoms with Crippen LogP contribution in [0.4, 0.5) is 11.4 Å². The summed E-state index contributed by atoms with van der Waals surface area (Å²) in [4.78, 5) is 27.0.